The summed E-state index contributed by atoms with van der Waals surface area (Å²) in [5, 5.41) is 0. The molecular weight excluding hydrogens is 394 g/mol. The Morgan fingerprint density at radius 1 is 0.968 bits per heavy atom. The van der Waals surface area contributed by atoms with Gasteiger partial charge in [0.2, 0.25) is 17.9 Å². The van der Waals surface area contributed by atoms with Crippen molar-refractivity contribution in [2.24, 2.45) is 0 Å². The normalized spacial score (nSPS) is 21.9. The SMILES string of the molecule is COc1cc(OC)nc(O[C@@H]2C(=O)N3CCCc4ccccc4[C@]23c2ccccc2)n1. The summed E-state index contributed by atoms with van der Waals surface area (Å²) in [7, 11) is 3.02. The molecule has 5 rings (SSSR count). The molecule has 0 N–H and O–H groups in total. The van der Waals surface area contributed by atoms with Crippen molar-refractivity contribution in [3.63, 3.8) is 0 Å². The molecule has 1 amide bonds. The Morgan fingerprint density at radius 3 is 2.35 bits per heavy atom. The second-order valence-electron chi connectivity index (χ2n) is 7.62. The van der Waals surface area contributed by atoms with E-state index >= 15 is 0 Å². The summed E-state index contributed by atoms with van der Waals surface area (Å²) >= 11 is 0. The molecule has 1 fully saturated rings. The minimum atomic E-state index is -0.800. The molecule has 7 heteroatoms. The number of β-lactam (4-membered cyclic amide) rings is 1. The molecule has 7 nitrogen and oxygen atoms in total. The van der Waals surface area contributed by atoms with E-state index in [0.29, 0.717) is 18.3 Å². The van der Waals surface area contributed by atoms with E-state index < -0.39 is 11.6 Å². The smallest absolute Gasteiger partial charge is 0.323 e. The maximum Gasteiger partial charge on any atom is 0.323 e. The number of carbonyl (C=O) groups excluding carboxylic acids is 1. The number of fused-ring (bicyclic) bond motifs is 3. The van der Waals surface area contributed by atoms with E-state index in [0.717, 1.165) is 24.0 Å². The number of aromatic nitrogens is 2. The average Bonchev–Trinajstić information content (AvgIpc) is 2.98. The maximum atomic E-state index is 13.3. The van der Waals surface area contributed by atoms with E-state index in [4.69, 9.17) is 14.2 Å². The van der Waals surface area contributed by atoms with Crippen molar-refractivity contribution in [3.05, 3.63) is 77.4 Å². The monoisotopic (exact) mass is 417 g/mol. The number of ether oxygens (including phenoxy) is 3. The average molecular weight is 417 g/mol. The van der Waals surface area contributed by atoms with Crippen LogP contribution in [0.4, 0.5) is 0 Å². The van der Waals surface area contributed by atoms with Gasteiger partial charge in [-0.15, -0.1) is 0 Å². The first-order valence-corrected chi connectivity index (χ1v) is 10.3. The largest absolute Gasteiger partial charge is 0.481 e. The predicted molar refractivity (Wildman–Crippen MR) is 113 cm³/mol. The molecule has 1 saturated heterocycles. The second-order valence-corrected chi connectivity index (χ2v) is 7.62. The van der Waals surface area contributed by atoms with Crippen LogP contribution < -0.4 is 14.2 Å². The third-order valence-electron chi connectivity index (χ3n) is 6.07. The molecule has 31 heavy (non-hydrogen) atoms. The molecule has 3 aromatic rings. The first-order valence-electron chi connectivity index (χ1n) is 10.3. The van der Waals surface area contributed by atoms with Gasteiger partial charge in [-0.1, -0.05) is 54.6 Å². The molecule has 2 aromatic carbocycles. The van der Waals surface area contributed by atoms with E-state index in [1.54, 1.807) is 6.07 Å². The summed E-state index contributed by atoms with van der Waals surface area (Å²) in [6, 6.07) is 19.9. The summed E-state index contributed by atoms with van der Waals surface area (Å²) in [5.74, 6) is 0.534. The van der Waals surface area contributed by atoms with Crippen LogP contribution in [-0.4, -0.2) is 47.6 Å². The van der Waals surface area contributed by atoms with Crippen LogP contribution in [0.5, 0.6) is 17.8 Å². The van der Waals surface area contributed by atoms with Crippen molar-refractivity contribution in [1.82, 2.24) is 14.9 Å². The molecule has 3 heterocycles. The van der Waals surface area contributed by atoms with E-state index in [-0.39, 0.29) is 11.9 Å². The standard InChI is InChI=1S/C24H23N3O4/c1-29-19-15-20(30-2)26-23(25-19)31-21-22(28)27-14-8-10-16-9-6-7-13-18(16)24(21,27)17-11-4-3-5-12-17/h3-7,9,11-13,15,21H,8,10,14H2,1-2H3/t21-,24-/m1/s1. The van der Waals surface area contributed by atoms with Crippen molar-refractivity contribution >= 4 is 5.91 Å². The number of benzene rings is 2. The summed E-state index contributed by atoms with van der Waals surface area (Å²) in [4.78, 5) is 23.8. The molecule has 1 aromatic heterocycles. The fraction of sp³-hybridized carbons (Fsp3) is 0.292. The molecule has 2 aliphatic rings. The molecule has 2 atom stereocenters. The Bertz CT molecular complexity index is 1100. The van der Waals surface area contributed by atoms with Gasteiger partial charge in [-0.05, 0) is 29.5 Å². The predicted octanol–water partition coefficient (Wildman–Crippen LogP) is 2.97. The Morgan fingerprint density at radius 2 is 1.65 bits per heavy atom. The number of nitrogens with zero attached hydrogens (tertiary/aromatic N) is 3. The van der Waals surface area contributed by atoms with E-state index in [1.165, 1.54) is 19.8 Å². The lowest BCUT2D eigenvalue weighted by molar-refractivity contribution is -0.177. The Labute approximate surface area is 180 Å². The number of rotatable bonds is 5. The zero-order chi connectivity index (χ0) is 21.4. The molecular formula is C24H23N3O4. The summed E-state index contributed by atoms with van der Waals surface area (Å²) in [5.41, 5.74) is 2.56. The third-order valence-corrected chi connectivity index (χ3v) is 6.07. The highest BCUT2D eigenvalue weighted by Crippen LogP contribution is 2.51. The molecule has 0 unspecified atom stereocenters. The van der Waals surface area contributed by atoms with Gasteiger partial charge in [0, 0.05) is 6.54 Å². The zero-order valence-corrected chi connectivity index (χ0v) is 17.4. The Hall–Kier alpha value is -3.61. The molecule has 0 saturated carbocycles. The van der Waals surface area contributed by atoms with Gasteiger partial charge in [-0.3, -0.25) is 4.79 Å². The molecule has 2 aliphatic heterocycles. The lowest BCUT2D eigenvalue weighted by Crippen LogP contribution is -2.74. The van der Waals surface area contributed by atoms with Gasteiger partial charge in [0.05, 0.1) is 20.3 Å². The van der Waals surface area contributed by atoms with Crippen molar-refractivity contribution in [1.29, 1.82) is 0 Å². The summed E-state index contributed by atoms with van der Waals surface area (Å²) in [6.45, 7) is 0.657. The highest BCUT2D eigenvalue weighted by atomic mass is 16.5. The van der Waals surface area contributed by atoms with E-state index in [1.807, 2.05) is 47.4 Å². The van der Waals surface area contributed by atoms with Crippen molar-refractivity contribution in [2.75, 3.05) is 20.8 Å². The lowest BCUT2D eigenvalue weighted by atomic mass is 9.69. The van der Waals surface area contributed by atoms with Crippen LogP contribution in [0.3, 0.4) is 0 Å². The minimum absolute atomic E-state index is 0.0474. The van der Waals surface area contributed by atoms with Gasteiger partial charge in [0.1, 0.15) is 5.54 Å². The molecule has 0 radical (unpaired) electrons. The zero-order valence-electron chi connectivity index (χ0n) is 17.4. The third kappa shape index (κ3) is 2.91. The topological polar surface area (TPSA) is 73.8 Å². The quantitative estimate of drug-likeness (QED) is 0.595. The van der Waals surface area contributed by atoms with Crippen LogP contribution in [0.15, 0.2) is 60.7 Å². The van der Waals surface area contributed by atoms with Crippen LogP contribution in [-0.2, 0) is 16.8 Å². The number of carbonyl (C=O) groups is 1. The van der Waals surface area contributed by atoms with E-state index in [2.05, 4.69) is 22.1 Å². The van der Waals surface area contributed by atoms with Gasteiger partial charge in [-0.25, -0.2) is 0 Å². The Balaban J connectivity index is 1.67. The fourth-order valence-electron chi connectivity index (χ4n) is 4.72. The van der Waals surface area contributed by atoms with Crippen LogP contribution >= 0.6 is 0 Å². The van der Waals surface area contributed by atoms with Crippen LogP contribution in [0.1, 0.15) is 23.1 Å². The van der Waals surface area contributed by atoms with Crippen LogP contribution in [0, 0.1) is 0 Å². The van der Waals surface area contributed by atoms with Gasteiger partial charge in [0.25, 0.3) is 5.91 Å². The Kier molecular flexibility index (Phi) is 4.73. The minimum Gasteiger partial charge on any atom is -0.481 e. The second kappa shape index (κ2) is 7.58. The van der Waals surface area contributed by atoms with E-state index in [9.17, 15) is 4.79 Å². The first-order chi connectivity index (χ1) is 15.2. The maximum absolute atomic E-state index is 13.3. The van der Waals surface area contributed by atoms with Crippen LogP contribution in [0.2, 0.25) is 0 Å². The summed E-state index contributed by atoms with van der Waals surface area (Å²) in [6.07, 6.45) is 1.00. The molecule has 0 aliphatic carbocycles. The number of methoxy groups -OCH3 is 2. The van der Waals surface area contributed by atoms with Gasteiger partial charge in [-0.2, -0.15) is 9.97 Å². The molecule has 0 bridgehead atoms. The van der Waals surface area contributed by atoms with Gasteiger partial charge in [0.15, 0.2) is 0 Å². The number of hydrogen-bond donors (Lipinski definition) is 0. The molecule has 0 spiro atoms. The van der Waals surface area contributed by atoms with Gasteiger partial charge < -0.3 is 19.1 Å². The highest BCUT2D eigenvalue weighted by Gasteiger charge is 2.65. The fourth-order valence-corrected chi connectivity index (χ4v) is 4.72. The van der Waals surface area contributed by atoms with Crippen molar-refractivity contribution in [3.8, 4) is 17.8 Å². The summed E-state index contributed by atoms with van der Waals surface area (Å²) < 4.78 is 16.7. The number of amides is 1. The van der Waals surface area contributed by atoms with Crippen molar-refractivity contribution < 1.29 is 19.0 Å². The van der Waals surface area contributed by atoms with Crippen molar-refractivity contribution in [2.45, 2.75) is 24.5 Å². The molecule has 158 valence electrons. The van der Waals surface area contributed by atoms with Crippen LogP contribution in [0.25, 0.3) is 0 Å². The number of aryl methyl sites for hydroxylation is 1. The van der Waals surface area contributed by atoms with Gasteiger partial charge >= 0.3 is 6.01 Å². The lowest BCUT2D eigenvalue weighted by Gasteiger charge is -2.56. The number of hydrogen-bond acceptors (Lipinski definition) is 6. The highest BCUT2D eigenvalue weighted by molar-refractivity contribution is 5.93. The first kappa shape index (κ1) is 19.4.